The van der Waals surface area contributed by atoms with Gasteiger partial charge in [-0.3, -0.25) is 9.59 Å². The number of hydrogen-bond donors (Lipinski definition) is 1. The second-order valence-corrected chi connectivity index (χ2v) is 7.54. The Morgan fingerprint density at radius 3 is 2.00 bits per heavy atom. The number of hydrogen-bond acceptors (Lipinski definition) is 7. The van der Waals surface area contributed by atoms with Crippen molar-refractivity contribution >= 4 is 30.4 Å². The lowest BCUT2D eigenvalue weighted by atomic mass is 9.79. The summed E-state index contributed by atoms with van der Waals surface area (Å²) in [5, 5.41) is 2.49. The zero-order chi connectivity index (χ0) is 21.1. The fourth-order valence-corrected chi connectivity index (χ4v) is 2.60. The Labute approximate surface area is 165 Å². The van der Waals surface area contributed by atoms with Crippen LogP contribution in [0.2, 0.25) is 0 Å². The van der Waals surface area contributed by atoms with E-state index in [1.807, 2.05) is 27.7 Å². The van der Waals surface area contributed by atoms with E-state index >= 15 is 0 Å². The van der Waals surface area contributed by atoms with Crippen LogP contribution in [0.3, 0.4) is 0 Å². The van der Waals surface area contributed by atoms with Gasteiger partial charge in [0.25, 0.3) is 5.91 Å². The maximum Gasteiger partial charge on any atom is 0.494 e. The standard InChI is InChI=1S/C19H26BNO7/c1-18(2)19(3,4)28-20(27-18)13-9-7-12(8-10-13)16(23)21-14(17(24)26-6)11-15(22)25-5/h7-10,14H,11H2,1-6H3,(H,21,23)/t14-/m0/s1. The van der Waals surface area contributed by atoms with Gasteiger partial charge in [-0.05, 0) is 45.3 Å². The second-order valence-electron chi connectivity index (χ2n) is 7.54. The lowest BCUT2D eigenvalue weighted by Crippen LogP contribution is -2.43. The minimum Gasteiger partial charge on any atom is -0.469 e. The molecule has 1 amide bonds. The number of carbonyl (C=O) groups is 3. The molecule has 0 aliphatic carbocycles. The first kappa shape index (κ1) is 21.9. The van der Waals surface area contributed by atoms with Gasteiger partial charge in [0.15, 0.2) is 0 Å². The molecular weight excluding hydrogens is 365 g/mol. The molecule has 1 fully saturated rings. The van der Waals surface area contributed by atoms with E-state index in [4.69, 9.17) is 9.31 Å². The molecule has 28 heavy (non-hydrogen) atoms. The smallest absolute Gasteiger partial charge is 0.469 e. The van der Waals surface area contributed by atoms with Crippen LogP contribution in [0.25, 0.3) is 0 Å². The monoisotopic (exact) mass is 391 g/mol. The third-order valence-electron chi connectivity index (χ3n) is 5.09. The SMILES string of the molecule is COC(=O)C[C@H](NC(=O)c1ccc(B2OC(C)(C)C(C)(C)O2)cc1)C(=O)OC. The summed E-state index contributed by atoms with van der Waals surface area (Å²) in [6.45, 7) is 7.85. The molecule has 2 rings (SSSR count). The van der Waals surface area contributed by atoms with E-state index in [0.717, 1.165) is 5.46 Å². The van der Waals surface area contributed by atoms with Crippen molar-refractivity contribution in [2.24, 2.45) is 0 Å². The van der Waals surface area contributed by atoms with Crippen molar-refractivity contribution in [1.29, 1.82) is 0 Å². The minimum absolute atomic E-state index is 0.319. The van der Waals surface area contributed by atoms with E-state index in [0.29, 0.717) is 5.56 Å². The predicted octanol–water partition coefficient (Wildman–Crippen LogP) is 0.820. The number of benzene rings is 1. The number of amides is 1. The molecule has 1 N–H and O–H groups in total. The van der Waals surface area contributed by atoms with E-state index in [1.54, 1.807) is 24.3 Å². The summed E-state index contributed by atoms with van der Waals surface area (Å²) in [5.74, 6) is -1.88. The molecule has 1 saturated heterocycles. The minimum atomic E-state index is -1.13. The van der Waals surface area contributed by atoms with Crippen LogP contribution < -0.4 is 10.8 Å². The quantitative estimate of drug-likeness (QED) is 0.566. The van der Waals surface area contributed by atoms with Crippen LogP contribution in [-0.4, -0.2) is 56.4 Å². The van der Waals surface area contributed by atoms with E-state index in [9.17, 15) is 14.4 Å². The van der Waals surface area contributed by atoms with Crippen LogP contribution in [0.1, 0.15) is 44.5 Å². The number of carbonyl (C=O) groups excluding carboxylic acids is 3. The van der Waals surface area contributed by atoms with Crippen LogP contribution in [-0.2, 0) is 28.4 Å². The highest BCUT2D eigenvalue weighted by Crippen LogP contribution is 2.36. The van der Waals surface area contributed by atoms with Gasteiger partial charge in [-0.2, -0.15) is 0 Å². The fraction of sp³-hybridized carbons (Fsp3) is 0.526. The Bertz CT molecular complexity index is 729. The Morgan fingerprint density at radius 2 is 1.54 bits per heavy atom. The molecule has 0 radical (unpaired) electrons. The van der Waals surface area contributed by atoms with Crippen LogP contribution in [0.15, 0.2) is 24.3 Å². The van der Waals surface area contributed by atoms with Crippen molar-refractivity contribution < 1.29 is 33.2 Å². The number of esters is 2. The highest BCUT2D eigenvalue weighted by Gasteiger charge is 2.51. The largest absolute Gasteiger partial charge is 0.494 e. The first-order valence-electron chi connectivity index (χ1n) is 8.92. The Hall–Kier alpha value is -2.39. The highest BCUT2D eigenvalue weighted by molar-refractivity contribution is 6.62. The molecule has 1 aromatic rings. The van der Waals surface area contributed by atoms with Crippen LogP contribution in [0, 0.1) is 0 Å². The number of nitrogens with one attached hydrogen (secondary N) is 1. The van der Waals surface area contributed by atoms with Gasteiger partial charge in [0, 0.05) is 5.56 Å². The van der Waals surface area contributed by atoms with Crippen molar-refractivity contribution in [3.05, 3.63) is 29.8 Å². The lowest BCUT2D eigenvalue weighted by Gasteiger charge is -2.32. The molecule has 1 aliphatic heterocycles. The molecule has 8 nitrogen and oxygen atoms in total. The Balaban J connectivity index is 2.09. The van der Waals surface area contributed by atoms with Crippen molar-refractivity contribution in [2.75, 3.05) is 14.2 Å². The fourth-order valence-electron chi connectivity index (χ4n) is 2.60. The van der Waals surface area contributed by atoms with Gasteiger partial charge in [0.1, 0.15) is 6.04 Å². The number of rotatable bonds is 6. The molecule has 152 valence electrons. The zero-order valence-electron chi connectivity index (χ0n) is 17.0. The molecule has 0 unspecified atom stereocenters. The maximum atomic E-state index is 12.5. The summed E-state index contributed by atoms with van der Waals surface area (Å²) in [4.78, 5) is 35.7. The third-order valence-corrected chi connectivity index (χ3v) is 5.09. The van der Waals surface area contributed by atoms with E-state index in [-0.39, 0.29) is 6.42 Å². The molecule has 9 heteroatoms. The van der Waals surface area contributed by atoms with Crippen molar-refractivity contribution in [1.82, 2.24) is 5.32 Å². The van der Waals surface area contributed by atoms with Crippen molar-refractivity contribution in [3.63, 3.8) is 0 Å². The average Bonchev–Trinajstić information content (AvgIpc) is 2.87. The van der Waals surface area contributed by atoms with Gasteiger partial charge in [0.2, 0.25) is 0 Å². The van der Waals surface area contributed by atoms with Crippen molar-refractivity contribution in [3.8, 4) is 0 Å². The second kappa shape index (κ2) is 8.32. The summed E-state index contributed by atoms with van der Waals surface area (Å²) in [6.07, 6.45) is -0.319. The van der Waals surface area contributed by atoms with Gasteiger partial charge in [0.05, 0.1) is 31.8 Å². The lowest BCUT2D eigenvalue weighted by molar-refractivity contribution is -0.149. The summed E-state index contributed by atoms with van der Waals surface area (Å²) in [7, 11) is 1.84. The van der Waals surface area contributed by atoms with E-state index in [1.165, 1.54) is 14.2 Å². The molecule has 1 aromatic carbocycles. The first-order chi connectivity index (χ1) is 13.0. The predicted molar refractivity (Wildman–Crippen MR) is 102 cm³/mol. The maximum absolute atomic E-state index is 12.5. The normalized spacial score (nSPS) is 18.3. The summed E-state index contributed by atoms with van der Waals surface area (Å²) >= 11 is 0. The van der Waals surface area contributed by atoms with Gasteiger partial charge in [-0.1, -0.05) is 12.1 Å². The number of methoxy groups -OCH3 is 2. The highest BCUT2D eigenvalue weighted by atomic mass is 16.7. The van der Waals surface area contributed by atoms with E-state index < -0.39 is 42.2 Å². The molecule has 0 bridgehead atoms. The first-order valence-corrected chi connectivity index (χ1v) is 8.92. The van der Waals surface area contributed by atoms with Crippen LogP contribution >= 0.6 is 0 Å². The van der Waals surface area contributed by atoms with Crippen molar-refractivity contribution in [2.45, 2.75) is 51.4 Å². The van der Waals surface area contributed by atoms with Gasteiger partial charge in [-0.15, -0.1) is 0 Å². The van der Waals surface area contributed by atoms with E-state index in [2.05, 4.69) is 14.8 Å². The number of ether oxygens (including phenoxy) is 2. The molecular formula is C19H26BNO7. The van der Waals surface area contributed by atoms with Crippen LogP contribution in [0.4, 0.5) is 0 Å². The Kier molecular flexibility index (Phi) is 6.51. The molecule has 1 atom stereocenters. The average molecular weight is 391 g/mol. The molecule has 1 aliphatic rings. The molecule has 0 aromatic heterocycles. The van der Waals surface area contributed by atoms with Gasteiger partial charge < -0.3 is 24.1 Å². The Morgan fingerprint density at radius 1 is 1.00 bits per heavy atom. The van der Waals surface area contributed by atoms with Gasteiger partial charge >= 0.3 is 19.1 Å². The molecule has 0 spiro atoms. The third kappa shape index (κ3) is 4.71. The summed E-state index contributed by atoms with van der Waals surface area (Å²) in [5.41, 5.74) is 0.165. The van der Waals surface area contributed by atoms with Gasteiger partial charge in [-0.25, -0.2) is 4.79 Å². The summed E-state index contributed by atoms with van der Waals surface area (Å²) in [6, 6.07) is 5.52. The topological polar surface area (TPSA) is 100 Å². The molecule has 0 saturated carbocycles. The van der Waals surface area contributed by atoms with Crippen LogP contribution in [0.5, 0.6) is 0 Å². The summed E-state index contributed by atoms with van der Waals surface area (Å²) < 4.78 is 21.1. The molecule has 1 heterocycles. The zero-order valence-corrected chi connectivity index (χ0v) is 17.0.